The number of hydrogen-bond donors (Lipinski definition) is 1. The first-order valence-electron chi connectivity index (χ1n) is 6.63. The molecule has 1 aromatic carbocycles. The normalized spacial score (nSPS) is 12.4. The summed E-state index contributed by atoms with van der Waals surface area (Å²) in [5.74, 6) is 0.885. The van der Waals surface area contributed by atoms with Crippen LogP contribution in [-0.4, -0.2) is 16.6 Å². The van der Waals surface area contributed by atoms with Crippen molar-refractivity contribution in [2.24, 2.45) is 0 Å². The van der Waals surface area contributed by atoms with Gasteiger partial charge < -0.3 is 14.6 Å². The quantitative estimate of drug-likeness (QED) is 0.867. The Kier molecular flexibility index (Phi) is 4.58. The summed E-state index contributed by atoms with van der Waals surface area (Å²) < 4.78 is 7.86. The number of rotatable bonds is 6. The predicted octanol–water partition coefficient (Wildman–Crippen LogP) is 2.76. The fraction of sp³-hybridized carbons (Fsp3) is 0.400. The first-order valence-corrected chi connectivity index (χ1v) is 6.63. The van der Waals surface area contributed by atoms with Crippen LogP contribution in [0.1, 0.15) is 31.1 Å². The topological polar surface area (TPSA) is 39.1 Å². The third-order valence-electron chi connectivity index (χ3n) is 3.34. The zero-order valence-electron chi connectivity index (χ0n) is 11.8. The first kappa shape index (κ1) is 13.6. The van der Waals surface area contributed by atoms with Gasteiger partial charge in [-0.25, -0.2) is 4.98 Å². The van der Waals surface area contributed by atoms with E-state index in [1.165, 1.54) is 5.56 Å². The van der Waals surface area contributed by atoms with E-state index in [4.69, 9.17) is 4.74 Å². The second-order valence-electron chi connectivity index (χ2n) is 4.54. The van der Waals surface area contributed by atoms with Crippen molar-refractivity contribution in [1.29, 1.82) is 0 Å². The summed E-state index contributed by atoms with van der Waals surface area (Å²) in [7, 11) is 1.96. The Hall–Kier alpha value is -1.81. The molecule has 1 N–H and O–H groups in total. The molecule has 1 unspecified atom stereocenters. The molecule has 4 nitrogen and oxygen atoms in total. The largest absolute Gasteiger partial charge is 0.487 e. The smallest absolute Gasteiger partial charge is 0.130 e. The number of nitrogens with one attached hydrogen (secondary N) is 1. The van der Waals surface area contributed by atoms with Crippen LogP contribution in [0.2, 0.25) is 0 Å². The summed E-state index contributed by atoms with van der Waals surface area (Å²) in [5.41, 5.74) is 2.35. The summed E-state index contributed by atoms with van der Waals surface area (Å²) in [6.07, 6.45) is 3.68. The number of nitrogens with zero attached hydrogens (tertiary/aromatic N) is 2. The van der Waals surface area contributed by atoms with Crippen molar-refractivity contribution in [1.82, 2.24) is 14.9 Å². The van der Waals surface area contributed by atoms with Crippen LogP contribution in [0.15, 0.2) is 36.8 Å². The standard InChI is InChI=1S/C15H21N3O/c1-4-18-11-17-9-14(18)10-19-15-7-5-13(6-8-15)12(2)16-3/h5-9,11-12,16H,4,10H2,1-3H3. The summed E-state index contributed by atoms with van der Waals surface area (Å²) in [4.78, 5) is 4.13. The zero-order valence-corrected chi connectivity index (χ0v) is 11.8. The van der Waals surface area contributed by atoms with Gasteiger partial charge in [-0.2, -0.15) is 0 Å². The summed E-state index contributed by atoms with van der Waals surface area (Å²) in [6.45, 7) is 5.70. The second-order valence-corrected chi connectivity index (χ2v) is 4.54. The van der Waals surface area contributed by atoms with Gasteiger partial charge in [0.05, 0.1) is 18.2 Å². The fourth-order valence-corrected chi connectivity index (χ4v) is 1.93. The lowest BCUT2D eigenvalue weighted by molar-refractivity contribution is 0.295. The Labute approximate surface area is 114 Å². The highest BCUT2D eigenvalue weighted by atomic mass is 16.5. The molecule has 1 heterocycles. The maximum Gasteiger partial charge on any atom is 0.130 e. The first-order chi connectivity index (χ1) is 9.24. The Morgan fingerprint density at radius 1 is 1.32 bits per heavy atom. The highest BCUT2D eigenvalue weighted by Crippen LogP contribution is 2.18. The van der Waals surface area contributed by atoms with Gasteiger partial charge in [0, 0.05) is 12.6 Å². The van der Waals surface area contributed by atoms with Gasteiger partial charge in [-0.3, -0.25) is 0 Å². The lowest BCUT2D eigenvalue weighted by atomic mass is 10.1. The summed E-state index contributed by atoms with van der Waals surface area (Å²) in [6, 6.07) is 8.56. The monoisotopic (exact) mass is 259 g/mol. The fourth-order valence-electron chi connectivity index (χ4n) is 1.93. The molecule has 2 rings (SSSR count). The van der Waals surface area contributed by atoms with Crippen molar-refractivity contribution < 1.29 is 4.74 Å². The van der Waals surface area contributed by atoms with Gasteiger partial charge in [0.15, 0.2) is 0 Å². The minimum atomic E-state index is 0.357. The van der Waals surface area contributed by atoms with E-state index in [0.29, 0.717) is 12.6 Å². The van der Waals surface area contributed by atoms with Crippen LogP contribution in [0.4, 0.5) is 0 Å². The van der Waals surface area contributed by atoms with E-state index < -0.39 is 0 Å². The SMILES string of the molecule is CCn1cncc1COc1ccc(C(C)NC)cc1. The molecule has 1 aromatic heterocycles. The van der Waals surface area contributed by atoms with Gasteiger partial charge in [-0.05, 0) is 38.6 Å². The Balaban J connectivity index is 1.96. The van der Waals surface area contributed by atoms with Gasteiger partial charge in [-0.15, -0.1) is 0 Å². The third-order valence-corrected chi connectivity index (χ3v) is 3.34. The van der Waals surface area contributed by atoms with E-state index in [-0.39, 0.29) is 0 Å². The number of ether oxygens (including phenoxy) is 1. The summed E-state index contributed by atoms with van der Waals surface area (Å²) in [5, 5.41) is 3.22. The van der Waals surface area contributed by atoms with Crippen LogP contribution in [0.25, 0.3) is 0 Å². The van der Waals surface area contributed by atoms with Crippen molar-refractivity contribution in [3.05, 3.63) is 48.0 Å². The molecule has 0 aliphatic heterocycles. The van der Waals surface area contributed by atoms with Gasteiger partial charge in [-0.1, -0.05) is 12.1 Å². The molecule has 0 radical (unpaired) electrons. The Morgan fingerprint density at radius 3 is 2.68 bits per heavy atom. The molecule has 0 fully saturated rings. The molecule has 1 atom stereocenters. The molecular formula is C15H21N3O. The van der Waals surface area contributed by atoms with Crippen LogP contribution in [-0.2, 0) is 13.2 Å². The van der Waals surface area contributed by atoms with E-state index in [1.807, 2.05) is 31.7 Å². The highest BCUT2D eigenvalue weighted by Gasteiger charge is 2.04. The van der Waals surface area contributed by atoms with Gasteiger partial charge in [0.2, 0.25) is 0 Å². The molecule has 0 saturated heterocycles. The van der Waals surface area contributed by atoms with E-state index in [9.17, 15) is 0 Å². The number of hydrogen-bond acceptors (Lipinski definition) is 3. The molecule has 2 aromatic rings. The van der Waals surface area contributed by atoms with E-state index in [1.54, 1.807) is 0 Å². The molecule has 102 valence electrons. The molecule has 4 heteroatoms. The van der Waals surface area contributed by atoms with Crippen molar-refractivity contribution >= 4 is 0 Å². The summed E-state index contributed by atoms with van der Waals surface area (Å²) >= 11 is 0. The van der Waals surface area contributed by atoms with Crippen molar-refractivity contribution in [2.45, 2.75) is 33.0 Å². The number of aryl methyl sites for hydroxylation is 1. The molecule has 19 heavy (non-hydrogen) atoms. The van der Waals surface area contributed by atoms with Crippen LogP contribution >= 0.6 is 0 Å². The van der Waals surface area contributed by atoms with E-state index in [2.05, 4.69) is 40.8 Å². The van der Waals surface area contributed by atoms with Crippen molar-refractivity contribution in [3.8, 4) is 5.75 Å². The average molecular weight is 259 g/mol. The number of imidazole rings is 1. The van der Waals surface area contributed by atoms with Crippen LogP contribution < -0.4 is 10.1 Å². The Morgan fingerprint density at radius 2 is 2.05 bits per heavy atom. The maximum atomic E-state index is 5.78. The molecule has 0 amide bonds. The van der Waals surface area contributed by atoms with Gasteiger partial charge >= 0.3 is 0 Å². The van der Waals surface area contributed by atoms with Gasteiger partial charge in [0.1, 0.15) is 12.4 Å². The van der Waals surface area contributed by atoms with Gasteiger partial charge in [0.25, 0.3) is 0 Å². The molecule has 0 aliphatic carbocycles. The average Bonchev–Trinajstić information content (AvgIpc) is 2.92. The lowest BCUT2D eigenvalue weighted by Crippen LogP contribution is -2.12. The number of benzene rings is 1. The third kappa shape index (κ3) is 3.35. The predicted molar refractivity (Wildman–Crippen MR) is 76.1 cm³/mol. The minimum Gasteiger partial charge on any atom is -0.487 e. The van der Waals surface area contributed by atoms with Crippen molar-refractivity contribution in [3.63, 3.8) is 0 Å². The van der Waals surface area contributed by atoms with E-state index in [0.717, 1.165) is 18.0 Å². The highest BCUT2D eigenvalue weighted by molar-refractivity contribution is 5.29. The second kappa shape index (κ2) is 6.38. The molecule has 0 saturated carbocycles. The molecule has 0 bridgehead atoms. The molecule has 0 aliphatic rings. The number of aromatic nitrogens is 2. The minimum absolute atomic E-state index is 0.357. The molecule has 0 spiro atoms. The van der Waals surface area contributed by atoms with Crippen LogP contribution in [0, 0.1) is 0 Å². The zero-order chi connectivity index (χ0) is 13.7. The van der Waals surface area contributed by atoms with Crippen molar-refractivity contribution in [2.75, 3.05) is 7.05 Å². The van der Waals surface area contributed by atoms with Crippen LogP contribution in [0.5, 0.6) is 5.75 Å². The van der Waals surface area contributed by atoms with E-state index >= 15 is 0 Å². The maximum absolute atomic E-state index is 5.78. The molecular weight excluding hydrogens is 238 g/mol. The van der Waals surface area contributed by atoms with Crippen LogP contribution in [0.3, 0.4) is 0 Å². The Bertz CT molecular complexity index is 504. The lowest BCUT2D eigenvalue weighted by Gasteiger charge is -2.12.